The molecule has 1 amide bonds. The fourth-order valence-electron chi connectivity index (χ4n) is 3.42. The van der Waals surface area contributed by atoms with Crippen LogP contribution < -0.4 is 10.1 Å². The molecule has 0 aliphatic carbocycles. The summed E-state index contributed by atoms with van der Waals surface area (Å²) in [6, 6.07) is 16.4. The van der Waals surface area contributed by atoms with Crippen LogP contribution in [0, 0.1) is 6.92 Å². The lowest BCUT2D eigenvalue weighted by atomic mass is 10.1. The molecule has 0 bridgehead atoms. The molecular formula is C22H29N3O2. The van der Waals surface area contributed by atoms with Gasteiger partial charge in [0, 0.05) is 32.7 Å². The molecule has 1 N–H and O–H groups in total. The normalized spacial score (nSPS) is 15.5. The van der Waals surface area contributed by atoms with Gasteiger partial charge in [-0.1, -0.05) is 36.4 Å². The molecular weight excluding hydrogens is 338 g/mol. The van der Waals surface area contributed by atoms with Gasteiger partial charge in [-0.15, -0.1) is 0 Å². The van der Waals surface area contributed by atoms with Gasteiger partial charge in [0.2, 0.25) is 5.91 Å². The highest BCUT2D eigenvalue weighted by molar-refractivity contribution is 5.93. The van der Waals surface area contributed by atoms with Gasteiger partial charge < -0.3 is 15.0 Å². The fraction of sp³-hybridized carbons (Fsp3) is 0.409. The van der Waals surface area contributed by atoms with Gasteiger partial charge >= 0.3 is 0 Å². The topological polar surface area (TPSA) is 44.8 Å². The maximum Gasteiger partial charge on any atom is 0.238 e. The first-order chi connectivity index (χ1) is 13.1. The molecule has 0 radical (unpaired) electrons. The minimum atomic E-state index is 0.0108. The van der Waals surface area contributed by atoms with E-state index in [1.54, 1.807) is 7.11 Å². The number of ether oxygens (including phenoxy) is 1. The second-order valence-electron chi connectivity index (χ2n) is 7.11. The zero-order valence-corrected chi connectivity index (χ0v) is 16.3. The molecule has 2 aromatic rings. The van der Waals surface area contributed by atoms with E-state index in [0.717, 1.165) is 50.4 Å². The Balaban J connectivity index is 1.42. The Morgan fingerprint density at radius 3 is 2.44 bits per heavy atom. The van der Waals surface area contributed by atoms with Crippen LogP contribution in [0.3, 0.4) is 0 Å². The number of carbonyl (C=O) groups excluding carboxylic acids is 1. The molecule has 0 saturated carbocycles. The summed E-state index contributed by atoms with van der Waals surface area (Å²) in [7, 11) is 1.62. The first-order valence-electron chi connectivity index (χ1n) is 9.57. The second-order valence-corrected chi connectivity index (χ2v) is 7.11. The number of amides is 1. The minimum absolute atomic E-state index is 0.0108. The quantitative estimate of drug-likeness (QED) is 0.817. The van der Waals surface area contributed by atoms with E-state index >= 15 is 0 Å². The number of carbonyl (C=O) groups is 1. The number of nitrogens with one attached hydrogen (secondary N) is 1. The number of piperazine rings is 1. The first kappa shape index (κ1) is 19.4. The van der Waals surface area contributed by atoms with Gasteiger partial charge in [-0.25, -0.2) is 0 Å². The molecule has 0 unspecified atom stereocenters. The Kier molecular flexibility index (Phi) is 6.85. The number of hydrogen-bond acceptors (Lipinski definition) is 4. The van der Waals surface area contributed by atoms with Gasteiger partial charge in [-0.2, -0.15) is 0 Å². The van der Waals surface area contributed by atoms with Crippen LogP contribution in [0.25, 0.3) is 0 Å². The molecule has 144 valence electrons. The average molecular weight is 367 g/mol. The lowest BCUT2D eigenvalue weighted by Crippen LogP contribution is -2.49. The van der Waals surface area contributed by atoms with E-state index in [1.807, 2.05) is 25.1 Å². The smallest absolute Gasteiger partial charge is 0.238 e. The van der Waals surface area contributed by atoms with E-state index in [-0.39, 0.29) is 5.91 Å². The van der Waals surface area contributed by atoms with Crippen LogP contribution in [-0.4, -0.2) is 62.1 Å². The summed E-state index contributed by atoms with van der Waals surface area (Å²) in [4.78, 5) is 17.1. The van der Waals surface area contributed by atoms with Crippen LogP contribution in [0.5, 0.6) is 5.75 Å². The van der Waals surface area contributed by atoms with Crippen molar-refractivity contribution in [3.05, 3.63) is 59.7 Å². The van der Waals surface area contributed by atoms with Crippen molar-refractivity contribution in [2.45, 2.75) is 13.3 Å². The monoisotopic (exact) mass is 367 g/mol. The number of rotatable bonds is 7. The lowest BCUT2D eigenvalue weighted by Gasteiger charge is -2.34. The van der Waals surface area contributed by atoms with E-state index < -0.39 is 0 Å². The van der Waals surface area contributed by atoms with Crippen molar-refractivity contribution in [2.24, 2.45) is 0 Å². The molecule has 1 heterocycles. The maximum atomic E-state index is 12.4. The number of anilines is 1. The molecule has 1 aliphatic rings. The van der Waals surface area contributed by atoms with Gasteiger partial charge in [-0.05, 0) is 36.6 Å². The Hall–Kier alpha value is -2.37. The van der Waals surface area contributed by atoms with E-state index in [2.05, 4.69) is 45.4 Å². The Morgan fingerprint density at radius 2 is 1.74 bits per heavy atom. The molecule has 0 atom stereocenters. The predicted octanol–water partition coefficient (Wildman–Crippen LogP) is 2.80. The zero-order chi connectivity index (χ0) is 19.1. The van der Waals surface area contributed by atoms with Gasteiger partial charge in [0.15, 0.2) is 0 Å². The third-order valence-corrected chi connectivity index (χ3v) is 5.02. The van der Waals surface area contributed by atoms with Gasteiger partial charge in [-0.3, -0.25) is 9.69 Å². The number of nitrogens with zero attached hydrogens (tertiary/aromatic N) is 2. The van der Waals surface area contributed by atoms with Crippen molar-refractivity contribution in [1.29, 1.82) is 0 Å². The highest BCUT2D eigenvalue weighted by Gasteiger charge is 2.19. The number of methoxy groups -OCH3 is 1. The second kappa shape index (κ2) is 9.53. The van der Waals surface area contributed by atoms with Gasteiger partial charge in [0.05, 0.1) is 19.3 Å². The van der Waals surface area contributed by atoms with Gasteiger partial charge in [0.25, 0.3) is 0 Å². The van der Waals surface area contributed by atoms with Crippen LogP contribution in [0.4, 0.5) is 5.69 Å². The molecule has 1 aliphatic heterocycles. The van der Waals surface area contributed by atoms with Crippen molar-refractivity contribution in [2.75, 3.05) is 51.7 Å². The van der Waals surface area contributed by atoms with Crippen LogP contribution in [0.1, 0.15) is 11.1 Å². The highest BCUT2D eigenvalue weighted by atomic mass is 16.5. The van der Waals surface area contributed by atoms with E-state index in [1.165, 1.54) is 5.56 Å². The summed E-state index contributed by atoms with van der Waals surface area (Å²) >= 11 is 0. The fourth-order valence-corrected chi connectivity index (χ4v) is 3.42. The van der Waals surface area contributed by atoms with Crippen LogP contribution in [0.2, 0.25) is 0 Å². The number of aryl methyl sites for hydroxylation is 1. The molecule has 27 heavy (non-hydrogen) atoms. The van der Waals surface area contributed by atoms with Crippen molar-refractivity contribution >= 4 is 11.6 Å². The third kappa shape index (κ3) is 5.81. The number of benzene rings is 2. The van der Waals surface area contributed by atoms with E-state index in [9.17, 15) is 4.79 Å². The predicted molar refractivity (Wildman–Crippen MR) is 109 cm³/mol. The van der Waals surface area contributed by atoms with E-state index in [4.69, 9.17) is 4.74 Å². The van der Waals surface area contributed by atoms with Crippen molar-refractivity contribution in [3.63, 3.8) is 0 Å². The molecule has 5 heteroatoms. The van der Waals surface area contributed by atoms with Gasteiger partial charge in [0.1, 0.15) is 5.75 Å². The molecule has 0 aromatic heterocycles. The standard InChI is InChI=1S/C22H29N3O2/c1-18-8-9-21(27-2)20(16-18)23-22(26)17-25-14-12-24(13-15-25)11-10-19-6-4-3-5-7-19/h3-9,16H,10-15,17H2,1-2H3,(H,23,26). The average Bonchev–Trinajstić information content (AvgIpc) is 2.68. The Labute approximate surface area is 161 Å². The minimum Gasteiger partial charge on any atom is -0.495 e. The summed E-state index contributed by atoms with van der Waals surface area (Å²) < 4.78 is 5.33. The molecule has 0 spiro atoms. The van der Waals surface area contributed by atoms with E-state index in [0.29, 0.717) is 12.3 Å². The number of hydrogen-bond donors (Lipinski definition) is 1. The lowest BCUT2D eigenvalue weighted by molar-refractivity contribution is -0.117. The first-order valence-corrected chi connectivity index (χ1v) is 9.57. The summed E-state index contributed by atoms with van der Waals surface area (Å²) in [5.41, 5.74) is 3.22. The third-order valence-electron chi connectivity index (χ3n) is 5.02. The summed E-state index contributed by atoms with van der Waals surface area (Å²) in [5, 5.41) is 2.99. The van der Waals surface area contributed by atoms with Crippen LogP contribution >= 0.6 is 0 Å². The summed E-state index contributed by atoms with van der Waals surface area (Å²) in [5.74, 6) is 0.705. The molecule has 1 saturated heterocycles. The van der Waals surface area contributed by atoms with Crippen LogP contribution in [0.15, 0.2) is 48.5 Å². The highest BCUT2D eigenvalue weighted by Crippen LogP contribution is 2.25. The largest absolute Gasteiger partial charge is 0.495 e. The molecule has 3 rings (SSSR count). The van der Waals surface area contributed by atoms with Crippen molar-refractivity contribution < 1.29 is 9.53 Å². The van der Waals surface area contributed by atoms with Crippen molar-refractivity contribution in [1.82, 2.24) is 9.80 Å². The summed E-state index contributed by atoms with van der Waals surface area (Å²) in [6.45, 7) is 7.36. The molecule has 1 fully saturated rings. The van der Waals surface area contributed by atoms with Crippen LogP contribution in [-0.2, 0) is 11.2 Å². The molecule has 2 aromatic carbocycles. The SMILES string of the molecule is COc1ccc(C)cc1NC(=O)CN1CCN(CCc2ccccc2)CC1. The van der Waals surface area contributed by atoms with Crippen molar-refractivity contribution in [3.8, 4) is 5.75 Å². The maximum absolute atomic E-state index is 12.4. The summed E-state index contributed by atoms with van der Waals surface area (Å²) in [6.07, 6.45) is 1.08. The zero-order valence-electron chi connectivity index (χ0n) is 16.3. The Morgan fingerprint density at radius 1 is 1.04 bits per heavy atom. The molecule has 5 nitrogen and oxygen atoms in total. The Bertz CT molecular complexity index is 740.